The normalized spacial score (nSPS) is 14.5. The maximum absolute atomic E-state index is 12.3. The zero-order valence-corrected chi connectivity index (χ0v) is 15.3. The summed E-state index contributed by atoms with van der Waals surface area (Å²) in [7, 11) is 0. The second-order valence-electron chi connectivity index (χ2n) is 6.42. The fourth-order valence-electron chi connectivity index (χ4n) is 3.04. The molecule has 0 aliphatic carbocycles. The maximum atomic E-state index is 12.3. The Morgan fingerprint density at radius 3 is 2.48 bits per heavy atom. The van der Waals surface area contributed by atoms with Gasteiger partial charge in [-0.15, -0.1) is 0 Å². The third-order valence-electron chi connectivity index (χ3n) is 4.54. The molecule has 25 heavy (non-hydrogen) atoms. The molecule has 2 aromatic rings. The Balaban J connectivity index is 1.43. The number of halogens is 1. The lowest BCUT2D eigenvalue weighted by molar-refractivity contribution is 0.194. The van der Waals surface area contributed by atoms with Crippen LogP contribution in [0.25, 0.3) is 0 Å². The van der Waals surface area contributed by atoms with Gasteiger partial charge >= 0.3 is 6.03 Å². The van der Waals surface area contributed by atoms with Crippen molar-refractivity contribution in [1.82, 2.24) is 10.2 Å². The molecule has 0 spiro atoms. The largest absolute Gasteiger partial charge is 0.368 e. The molecule has 4 nitrogen and oxygen atoms in total. The van der Waals surface area contributed by atoms with Crippen LogP contribution in [0.15, 0.2) is 48.5 Å². The Morgan fingerprint density at radius 2 is 1.80 bits per heavy atom. The van der Waals surface area contributed by atoms with E-state index in [1.165, 1.54) is 11.3 Å². The number of carbonyl (C=O) groups is 1. The van der Waals surface area contributed by atoms with E-state index >= 15 is 0 Å². The molecular formula is C20H24ClN3O. The first-order valence-corrected chi connectivity index (χ1v) is 9.08. The number of piperazine rings is 1. The molecule has 2 amide bonds. The quantitative estimate of drug-likeness (QED) is 0.905. The highest BCUT2D eigenvalue weighted by Crippen LogP contribution is 2.17. The van der Waals surface area contributed by atoms with Crippen molar-refractivity contribution in [3.63, 3.8) is 0 Å². The van der Waals surface area contributed by atoms with Gasteiger partial charge in [0.05, 0.1) is 0 Å². The van der Waals surface area contributed by atoms with Crippen molar-refractivity contribution in [2.75, 3.05) is 37.6 Å². The summed E-state index contributed by atoms with van der Waals surface area (Å²) in [6.45, 7) is 5.94. The lowest BCUT2D eigenvalue weighted by Gasteiger charge is -2.36. The van der Waals surface area contributed by atoms with Crippen LogP contribution in [0.5, 0.6) is 0 Å². The van der Waals surface area contributed by atoms with E-state index in [1.54, 1.807) is 0 Å². The number of hydrogen-bond acceptors (Lipinski definition) is 2. The van der Waals surface area contributed by atoms with E-state index in [-0.39, 0.29) is 6.03 Å². The van der Waals surface area contributed by atoms with E-state index in [0.717, 1.165) is 43.2 Å². The standard InChI is InChI=1S/C20H24ClN3O/c1-16-5-7-19(8-6-16)23-11-13-24(14-12-23)20(25)22-10-9-17-3-2-4-18(21)15-17/h2-8,15H,9-14H2,1H3,(H,22,25). The van der Waals surface area contributed by atoms with E-state index in [4.69, 9.17) is 11.6 Å². The summed E-state index contributed by atoms with van der Waals surface area (Å²) in [5.41, 5.74) is 3.63. The van der Waals surface area contributed by atoms with Gasteiger partial charge in [-0.25, -0.2) is 4.79 Å². The summed E-state index contributed by atoms with van der Waals surface area (Å²) in [6.07, 6.45) is 0.787. The van der Waals surface area contributed by atoms with E-state index in [9.17, 15) is 4.79 Å². The minimum atomic E-state index is 0.0191. The molecule has 0 bridgehead atoms. The van der Waals surface area contributed by atoms with Crippen molar-refractivity contribution in [1.29, 1.82) is 0 Å². The summed E-state index contributed by atoms with van der Waals surface area (Å²) in [6, 6.07) is 16.3. The van der Waals surface area contributed by atoms with Gasteiger partial charge in [-0.05, 0) is 43.2 Å². The van der Waals surface area contributed by atoms with Gasteiger partial charge in [0.15, 0.2) is 0 Å². The van der Waals surface area contributed by atoms with E-state index in [1.807, 2.05) is 29.2 Å². The summed E-state index contributed by atoms with van der Waals surface area (Å²) in [4.78, 5) is 16.5. The molecule has 0 atom stereocenters. The van der Waals surface area contributed by atoms with Gasteiger partial charge in [0.1, 0.15) is 0 Å². The Hall–Kier alpha value is -2.20. The van der Waals surface area contributed by atoms with Crippen molar-refractivity contribution in [3.8, 4) is 0 Å². The Bertz CT molecular complexity index is 709. The van der Waals surface area contributed by atoms with E-state index < -0.39 is 0 Å². The first-order chi connectivity index (χ1) is 12.1. The van der Waals surface area contributed by atoms with Crippen LogP contribution >= 0.6 is 11.6 Å². The molecule has 1 heterocycles. The molecule has 0 radical (unpaired) electrons. The third kappa shape index (κ3) is 4.89. The Kier molecular flexibility index (Phi) is 5.82. The van der Waals surface area contributed by atoms with Gasteiger partial charge in [0.2, 0.25) is 0 Å². The minimum Gasteiger partial charge on any atom is -0.368 e. The molecule has 1 N–H and O–H groups in total. The molecule has 1 aliphatic heterocycles. The molecule has 1 fully saturated rings. The number of anilines is 1. The number of hydrogen-bond donors (Lipinski definition) is 1. The van der Waals surface area contributed by atoms with Gasteiger partial charge in [-0.3, -0.25) is 0 Å². The van der Waals surface area contributed by atoms with Gasteiger partial charge in [-0.1, -0.05) is 41.4 Å². The number of urea groups is 1. The van der Waals surface area contributed by atoms with Crippen molar-refractivity contribution >= 4 is 23.3 Å². The average Bonchev–Trinajstić information content (AvgIpc) is 2.62. The van der Waals surface area contributed by atoms with Crippen LogP contribution in [0.1, 0.15) is 11.1 Å². The van der Waals surface area contributed by atoms with Crippen molar-refractivity contribution in [2.24, 2.45) is 0 Å². The molecule has 0 saturated carbocycles. The number of amides is 2. The predicted molar refractivity (Wildman–Crippen MR) is 104 cm³/mol. The first-order valence-electron chi connectivity index (χ1n) is 8.71. The number of nitrogens with one attached hydrogen (secondary N) is 1. The molecule has 1 saturated heterocycles. The molecule has 0 aromatic heterocycles. The van der Waals surface area contributed by atoms with Crippen LogP contribution in [0.3, 0.4) is 0 Å². The maximum Gasteiger partial charge on any atom is 0.317 e. The molecule has 5 heteroatoms. The highest BCUT2D eigenvalue weighted by atomic mass is 35.5. The van der Waals surface area contributed by atoms with Crippen LogP contribution in [0.2, 0.25) is 5.02 Å². The van der Waals surface area contributed by atoms with Crippen molar-refractivity contribution < 1.29 is 4.79 Å². The topological polar surface area (TPSA) is 35.6 Å². The summed E-state index contributed by atoms with van der Waals surface area (Å²) in [5, 5.41) is 3.74. The number of aryl methyl sites for hydroxylation is 1. The van der Waals surface area contributed by atoms with Crippen molar-refractivity contribution in [2.45, 2.75) is 13.3 Å². The van der Waals surface area contributed by atoms with Gasteiger partial charge in [0, 0.05) is 43.4 Å². The van der Waals surface area contributed by atoms with Gasteiger partial charge in [-0.2, -0.15) is 0 Å². The number of nitrogens with zero attached hydrogens (tertiary/aromatic N) is 2. The van der Waals surface area contributed by atoms with E-state index in [2.05, 4.69) is 41.4 Å². The number of benzene rings is 2. The zero-order chi connectivity index (χ0) is 17.6. The molecule has 132 valence electrons. The van der Waals surface area contributed by atoms with Crippen LogP contribution < -0.4 is 10.2 Å². The second kappa shape index (κ2) is 8.26. The smallest absolute Gasteiger partial charge is 0.317 e. The highest BCUT2D eigenvalue weighted by molar-refractivity contribution is 6.30. The third-order valence-corrected chi connectivity index (χ3v) is 4.78. The van der Waals surface area contributed by atoms with E-state index in [0.29, 0.717) is 6.54 Å². The van der Waals surface area contributed by atoms with Crippen molar-refractivity contribution in [3.05, 3.63) is 64.7 Å². The Labute approximate surface area is 154 Å². The molecular weight excluding hydrogens is 334 g/mol. The lowest BCUT2D eigenvalue weighted by Crippen LogP contribution is -2.52. The fraction of sp³-hybridized carbons (Fsp3) is 0.350. The zero-order valence-electron chi connectivity index (χ0n) is 14.5. The highest BCUT2D eigenvalue weighted by Gasteiger charge is 2.20. The Morgan fingerprint density at radius 1 is 1.08 bits per heavy atom. The molecule has 2 aromatic carbocycles. The molecule has 1 aliphatic rings. The number of rotatable bonds is 4. The fourth-order valence-corrected chi connectivity index (χ4v) is 3.25. The SMILES string of the molecule is Cc1ccc(N2CCN(C(=O)NCCc3cccc(Cl)c3)CC2)cc1. The first kappa shape index (κ1) is 17.6. The lowest BCUT2D eigenvalue weighted by atomic mass is 10.1. The molecule has 3 rings (SSSR count). The summed E-state index contributed by atoms with van der Waals surface area (Å²) >= 11 is 5.98. The monoisotopic (exact) mass is 357 g/mol. The second-order valence-corrected chi connectivity index (χ2v) is 6.86. The summed E-state index contributed by atoms with van der Waals surface area (Å²) < 4.78 is 0. The molecule has 0 unspecified atom stereocenters. The minimum absolute atomic E-state index is 0.0191. The average molecular weight is 358 g/mol. The van der Waals surface area contributed by atoms with Gasteiger partial charge in [0.25, 0.3) is 0 Å². The summed E-state index contributed by atoms with van der Waals surface area (Å²) in [5.74, 6) is 0. The van der Waals surface area contributed by atoms with Crippen LogP contribution in [0.4, 0.5) is 10.5 Å². The number of carbonyl (C=O) groups excluding carboxylic acids is 1. The van der Waals surface area contributed by atoms with Crippen LogP contribution in [-0.4, -0.2) is 43.7 Å². The van der Waals surface area contributed by atoms with Gasteiger partial charge < -0.3 is 15.1 Å². The predicted octanol–water partition coefficient (Wildman–Crippen LogP) is 3.72. The van der Waals surface area contributed by atoms with Crippen LogP contribution in [0, 0.1) is 6.92 Å². The van der Waals surface area contributed by atoms with Crippen LogP contribution in [-0.2, 0) is 6.42 Å².